The van der Waals surface area contributed by atoms with Crippen molar-refractivity contribution in [2.45, 2.75) is 32.2 Å². The summed E-state index contributed by atoms with van der Waals surface area (Å²) in [6, 6.07) is 9.01. The number of hydrogen-bond donors (Lipinski definition) is 1. The van der Waals surface area contributed by atoms with Gasteiger partial charge in [0.15, 0.2) is 5.82 Å². The van der Waals surface area contributed by atoms with Gasteiger partial charge in [0.1, 0.15) is 11.6 Å². The first-order chi connectivity index (χ1) is 13.5. The lowest BCUT2D eigenvalue weighted by molar-refractivity contribution is 0.102. The zero-order chi connectivity index (χ0) is 19.7. The van der Waals surface area contributed by atoms with E-state index in [0.717, 1.165) is 44.1 Å². The van der Waals surface area contributed by atoms with E-state index in [1.165, 1.54) is 12.1 Å². The first-order valence-corrected chi connectivity index (χ1v) is 9.77. The number of carbonyl (C=O) groups excluding carboxylic acids is 1. The number of anilines is 1. The molecule has 1 aliphatic heterocycles. The smallest absolute Gasteiger partial charge is 0.258 e. The molecule has 1 aromatic heterocycles. The molecule has 8 heteroatoms. The molecule has 0 bridgehead atoms. The van der Waals surface area contributed by atoms with Crippen LogP contribution in [0.3, 0.4) is 0 Å². The Morgan fingerprint density at radius 3 is 2.75 bits per heavy atom. The molecule has 5 nitrogen and oxygen atoms in total. The molecule has 2 heterocycles. The maximum absolute atomic E-state index is 14.0. The SMILES string of the molecule is O=C(Nc1ccc(Cl)c(-c2nnc3n2CCCCC3)c1)c1ccc(Cl)cc1F. The average Bonchev–Trinajstić information content (AvgIpc) is 2.91. The lowest BCUT2D eigenvalue weighted by atomic mass is 10.1. The topological polar surface area (TPSA) is 59.8 Å². The fourth-order valence-electron chi connectivity index (χ4n) is 3.33. The number of hydrogen-bond acceptors (Lipinski definition) is 3. The van der Waals surface area contributed by atoms with Gasteiger partial charge in [0, 0.05) is 29.2 Å². The first kappa shape index (κ1) is 18.9. The monoisotopic (exact) mass is 418 g/mol. The Bertz CT molecular complexity index is 1050. The number of amides is 1. The second-order valence-corrected chi connectivity index (χ2v) is 7.52. The van der Waals surface area contributed by atoms with Crippen molar-refractivity contribution in [3.63, 3.8) is 0 Å². The molecule has 0 saturated carbocycles. The van der Waals surface area contributed by atoms with Crippen molar-refractivity contribution >= 4 is 34.8 Å². The van der Waals surface area contributed by atoms with Gasteiger partial charge in [0.2, 0.25) is 0 Å². The molecule has 0 aliphatic carbocycles. The maximum atomic E-state index is 14.0. The van der Waals surface area contributed by atoms with E-state index in [1.54, 1.807) is 18.2 Å². The number of benzene rings is 2. The van der Waals surface area contributed by atoms with Crippen molar-refractivity contribution < 1.29 is 9.18 Å². The highest BCUT2D eigenvalue weighted by atomic mass is 35.5. The Morgan fingerprint density at radius 2 is 1.93 bits per heavy atom. The quantitative estimate of drug-likeness (QED) is 0.621. The van der Waals surface area contributed by atoms with Gasteiger partial charge < -0.3 is 9.88 Å². The molecular weight excluding hydrogens is 402 g/mol. The van der Waals surface area contributed by atoms with E-state index >= 15 is 0 Å². The number of nitrogens with zero attached hydrogens (tertiary/aromatic N) is 3. The van der Waals surface area contributed by atoms with Gasteiger partial charge >= 0.3 is 0 Å². The lowest BCUT2D eigenvalue weighted by Crippen LogP contribution is -2.14. The van der Waals surface area contributed by atoms with E-state index < -0.39 is 11.7 Å². The summed E-state index contributed by atoms with van der Waals surface area (Å²) in [5.41, 5.74) is 1.08. The van der Waals surface area contributed by atoms with Gasteiger partial charge in [-0.25, -0.2) is 4.39 Å². The van der Waals surface area contributed by atoms with Crippen LogP contribution in [-0.4, -0.2) is 20.7 Å². The normalized spacial score (nSPS) is 13.7. The first-order valence-electron chi connectivity index (χ1n) is 9.01. The van der Waals surface area contributed by atoms with Crippen LogP contribution in [0.4, 0.5) is 10.1 Å². The molecule has 3 aromatic rings. The van der Waals surface area contributed by atoms with E-state index in [4.69, 9.17) is 23.2 Å². The van der Waals surface area contributed by atoms with Crippen LogP contribution < -0.4 is 5.32 Å². The predicted molar refractivity (Wildman–Crippen MR) is 107 cm³/mol. The Balaban J connectivity index is 1.65. The van der Waals surface area contributed by atoms with Gasteiger partial charge in [0.05, 0.1) is 10.6 Å². The van der Waals surface area contributed by atoms with E-state index in [9.17, 15) is 9.18 Å². The summed E-state index contributed by atoms with van der Waals surface area (Å²) in [5.74, 6) is 0.376. The van der Waals surface area contributed by atoms with Crippen LogP contribution >= 0.6 is 23.2 Å². The van der Waals surface area contributed by atoms with Crippen molar-refractivity contribution in [1.29, 1.82) is 0 Å². The molecule has 2 aromatic carbocycles. The zero-order valence-corrected chi connectivity index (χ0v) is 16.4. The second-order valence-electron chi connectivity index (χ2n) is 6.68. The van der Waals surface area contributed by atoms with Gasteiger partial charge in [-0.2, -0.15) is 0 Å². The summed E-state index contributed by atoms with van der Waals surface area (Å²) < 4.78 is 16.1. The number of nitrogens with one attached hydrogen (secondary N) is 1. The highest BCUT2D eigenvalue weighted by molar-refractivity contribution is 6.33. The van der Waals surface area contributed by atoms with Gasteiger partial charge in [-0.05, 0) is 49.2 Å². The average molecular weight is 419 g/mol. The summed E-state index contributed by atoms with van der Waals surface area (Å²) in [6.45, 7) is 0.834. The highest BCUT2D eigenvalue weighted by Gasteiger charge is 2.19. The van der Waals surface area contributed by atoms with Crippen LogP contribution in [0.1, 0.15) is 35.4 Å². The molecule has 0 atom stereocenters. The molecule has 0 radical (unpaired) electrons. The van der Waals surface area contributed by atoms with E-state index in [2.05, 4.69) is 20.1 Å². The maximum Gasteiger partial charge on any atom is 0.258 e. The molecular formula is C20H17Cl2FN4O. The number of halogens is 3. The van der Waals surface area contributed by atoms with Crippen LogP contribution in [0.25, 0.3) is 11.4 Å². The van der Waals surface area contributed by atoms with Crippen molar-refractivity contribution in [1.82, 2.24) is 14.8 Å². The minimum atomic E-state index is -0.679. The van der Waals surface area contributed by atoms with Gasteiger partial charge in [-0.3, -0.25) is 4.79 Å². The molecule has 4 rings (SSSR count). The van der Waals surface area contributed by atoms with Crippen LogP contribution in [0, 0.1) is 5.82 Å². The predicted octanol–water partition coefficient (Wildman–Crippen LogP) is 5.37. The minimum absolute atomic E-state index is 0.0859. The number of fused-ring (bicyclic) bond motifs is 1. The van der Waals surface area contributed by atoms with Crippen LogP contribution in [0.15, 0.2) is 36.4 Å². The lowest BCUT2D eigenvalue weighted by Gasteiger charge is -2.11. The van der Waals surface area contributed by atoms with Crippen molar-refractivity contribution in [3.05, 3.63) is 63.6 Å². The standard InChI is InChI=1S/C20H17Cl2FN4O/c21-12-5-7-14(17(23)10-12)20(28)24-13-6-8-16(22)15(11-13)19-26-25-18-4-2-1-3-9-27(18)19/h5-8,10-11H,1-4,9H2,(H,24,28). The summed E-state index contributed by atoms with van der Waals surface area (Å²) in [4.78, 5) is 12.4. The largest absolute Gasteiger partial charge is 0.322 e. The molecule has 0 fully saturated rings. The number of carbonyl (C=O) groups is 1. The fourth-order valence-corrected chi connectivity index (χ4v) is 3.69. The third-order valence-corrected chi connectivity index (χ3v) is 5.32. The number of aromatic nitrogens is 3. The van der Waals surface area contributed by atoms with E-state index in [1.807, 2.05) is 0 Å². The van der Waals surface area contributed by atoms with E-state index in [-0.39, 0.29) is 10.6 Å². The van der Waals surface area contributed by atoms with Gasteiger partial charge in [-0.1, -0.05) is 29.6 Å². The Morgan fingerprint density at radius 1 is 1.07 bits per heavy atom. The number of aryl methyl sites for hydroxylation is 1. The van der Waals surface area contributed by atoms with Crippen LogP contribution in [0.2, 0.25) is 10.0 Å². The summed E-state index contributed by atoms with van der Waals surface area (Å²) in [6.07, 6.45) is 4.19. The van der Waals surface area contributed by atoms with Crippen LogP contribution in [0.5, 0.6) is 0 Å². The van der Waals surface area contributed by atoms with Crippen molar-refractivity contribution in [2.75, 3.05) is 5.32 Å². The summed E-state index contributed by atoms with van der Waals surface area (Å²) in [5, 5.41) is 12.1. The number of rotatable bonds is 3. The molecule has 0 spiro atoms. The third kappa shape index (κ3) is 3.75. The van der Waals surface area contributed by atoms with Gasteiger partial charge in [0.25, 0.3) is 5.91 Å². The molecule has 28 heavy (non-hydrogen) atoms. The molecule has 1 N–H and O–H groups in total. The summed E-state index contributed by atoms with van der Waals surface area (Å²) >= 11 is 12.1. The van der Waals surface area contributed by atoms with Crippen molar-refractivity contribution in [3.8, 4) is 11.4 Å². The van der Waals surface area contributed by atoms with Crippen LogP contribution in [-0.2, 0) is 13.0 Å². The Kier molecular flexibility index (Phi) is 5.33. The molecule has 0 unspecified atom stereocenters. The second kappa shape index (κ2) is 7.89. The Labute approximate surface area is 171 Å². The fraction of sp³-hybridized carbons (Fsp3) is 0.250. The highest BCUT2D eigenvalue weighted by Crippen LogP contribution is 2.31. The molecule has 144 valence electrons. The minimum Gasteiger partial charge on any atom is -0.322 e. The Hall–Kier alpha value is -2.44. The van der Waals surface area contributed by atoms with Gasteiger partial charge in [-0.15, -0.1) is 10.2 Å². The molecule has 1 aliphatic rings. The zero-order valence-electron chi connectivity index (χ0n) is 14.9. The van der Waals surface area contributed by atoms with Crippen molar-refractivity contribution in [2.24, 2.45) is 0 Å². The van der Waals surface area contributed by atoms with E-state index in [0.29, 0.717) is 22.1 Å². The summed E-state index contributed by atoms with van der Waals surface area (Å²) in [7, 11) is 0. The molecule has 1 amide bonds. The molecule has 0 saturated heterocycles. The third-order valence-electron chi connectivity index (χ3n) is 4.75.